The Hall–Kier alpha value is -2.24. The van der Waals surface area contributed by atoms with Gasteiger partial charge in [-0.2, -0.15) is 0 Å². The second kappa shape index (κ2) is 10.6. The Morgan fingerprint density at radius 2 is 2.12 bits per heavy atom. The minimum Gasteiger partial charge on any atom is -0.543 e. The number of carboxylic acid groups (broad SMARTS) is 1. The standard InChI is InChI=1S/C22H19Cl2N3O5S2/c23-14-3-4-15(24)16(6-14)33-11-17(29)25-18-20(30)27-19(22(31)32)13(10-34-21(18)27)8-26-5-1-2-12(7-26)9-28/h1-7,18,21,28H,8-11H2,(H-,25,29,31,32)/t18-,21-/m1/s1. The van der Waals surface area contributed by atoms with E-state index in [1.165, 1.54) is 28.4 Å². The molecular formula is C22H19Cl2N3O5S2. The van der Waals surface area contributed by atoms with E-state index >= 15 is 0 Å². The van der Waals surface area contributed by atoms with Crippen LogP contribution in [0.1, 0.15) is 5.56 Å². The van der Waals surface area contributed by atoms with Gasteiger partial charge in [-0.1, -0.05) is 23.2 Å². The molecule has 0 unspecified atom stereocenters. The number of thioether (sulfide) groups is 2. The van der Waals surface area contributed by atoms with Gasteiger partial charge in [0.15, 0.2) is 18.9 Å². The molecule has 8 nitrogen and oxygen atoms in total. The summed E-state index contributed by atoms with van der Waals surface area (Å²) >= 11 is 14.7. The number of aliphatic carboxylic acids is 1. The molecule has 178 valence electrons. The van der Waals surface area contributed by atoms with E-state index in [1.54, 1.807) is 47.3 Å². The smallest absolute Gasteiger partial charge is 0.253 e. The number of carbonyl (C=O) groups is 3. The molecule has 0 aliphatic carbocycles. The number of carboxylic acids is 1. The molecule has 0 bridgehead atoms. The van der Waals surface area contributed by atoms with Crippen LogP contribution >= 0.6 is 46.7 Å². The van der Waals surface area contributed by atoms with Crippen LogP contribution in [0.5, 0.6) is 0 Å². The zero-order valence-corrected chi connectivity index (χ0v) is 20.7. The van der Waals surface area contributed by atoms with Crippen molar-refractivity contribution in [2.24, 2.45) is 0 Å². The number of rotatable bonds is 8. The van der Waals surface area contributed by atoms with Crippen molar-refractivity contribution in [3.63, 3.8) is 0 Å². The molecule has 0 radical (unpaired) electrons. The Labute approximate surface area is 213 Å². The molecule has 0 saturated carbocycles. The van der Waals surface area contributed by atoms with Gasteiger partial charge >= 0.3 is 0 Å². The van der Waals surface area contributed by atoms with E-state index in [0.717, 1.165) is 0 Å². The number of benzene rings is 1. The van der Waals surface area contributed by atoms with Gasteiger partial charge in [0, 0.05) is 32.9 Å². The highest BCUT2D eigenvalue weighted by atomic mass is 35.5. The van der Waals surface area contributed by atoms with Crippen molar-refractivity contribution < 1.29 is 29.2 Å². The van der Waals surface area contributed by atoms with Crippen molar-refractivity contribution in [2.75, 3.05) is 11.5 Å². The molecule has 34 heavy (non-hydrogen) atoms. The first kappa shape index (κ1) is 24.9. The summed E-state index contributed by atoms with van der Waals surface area (Å²) in [5, 5.41) is 24.4. The van der Waals surface area contributed by atoms with Crippen LogP contribution in [0.3, 0.4) is 0 Å². The van der Waals surface area contributed by atoms with E-state index in [1.807, 2.05) is 0 Å². The fourth-order valence-corrected chi connectivity index (χ4v) is 6.37. The topological polar surface area (TPSA) is 114 Å². The monoisotopic (exact) mass is 539 g/mol. The summed E-state index contributed by atoms with van der Waals surface area (Å²) in [6.07, 6.45) is 3.46. The van der Waals surface area contributed by atoms with Gasteiger partial charge in [0.05, 0.1) is 29.0 Å². The van der Waals surface area contributed by atoms with Gasteiger partial charge in [-0.25, -0.2) is 4.57 Å². The van der Waals surface area contributed by atoms with E-state index in [2.05, 4.69) is 5.32 Å². The first-order chi connectivity index (χ1) is 16.3. The lowest BCUT2D eigenvalue weighted by molar-refractivity contribution is -0.689. The van der Waals surface area contributed by atoms with Gasteiger partial charge in [-0.3, -0.25) is 14.5 Å². The second-order valence-corrected chi connectivity index (χ2v) is 10.6. The van der Waals surface area contributed by atoms with Crippen LogP contribution in [0.15, 0.2) is 58.9 Å². The summed E-state index contributed by atoms with van der Waals surface area (Å²) in [4.78, 5) is 39.0. The van der Waals surface area contributed by atoms with Crippen LogP contribution in [0.4, 0.5) is 0 Å². The minimum atomic E-state index is -1.44. The molecule has 1 saturated heterocycles. The molecule has 1 aromatic carbocycles. The maximum absolute atomic E-state index is 12.8. The Morgan fingerprint density at radius 1 is 1.32 bits per heavy atom. The molecule has 2 aromatic rings. The molecule has 1 fully saturated rings. The summed E-state index contributed by atoms with van der Waals surface area (Å²) in [5.41, 5.74) is 1.03. The molecule has 2 N–H and O–H groups in total. The summed E-state index contributed by atoms with van der Waals surface area (Å²) in [6, 6.07) is 7.62. The molecule has 12 heteroatoms. The number of β-lactam (4-membered cyclic amide) rings is 1. The molecule has 3 heterocycles. The van der Waals surface area contributed by atoms with Gasteiger partial charge in [-0.05, 0) is 24.3 Å². The Kier molecular flexibility index (Phi) is 7.73. The number of hydrogen-bond acceptors (Lipinski definition) is 7. The van der Waals surface area contributed by atoms with E-state index in [4.69, 9.17) is 23.2 Å². The van der Waals surface area contributed by atoms with Crippen molar-refractivity contribution >= 4 is 64.5 Å². The molecular weight excluding hydrogens is 521 g/mol. The summed E-state index contributed by atoms with van der Waals surface area (Å²) in [7, 11) is 0. The summed E-state index contributed by atoms with van der Waals surface area (Å²) in [6.45, 7) is 0.0898. The summed E-state index contributed by atoms with van der Waals surface area (Å²) in [5.74, 6) is -1.94. The Bertz CT molecular complexity index is 1190. The number of fused-ring (bicyclic) bond motifs is 1. The van der Waals surface area contributed by atoms with Gasteiger partial charge < -0.3 is 20.3 Å². The van der Waals surface area contributed by atoms with Crippen molar-refractivity contribution in [1.82, 2.24) is 10.2 Å². The molecule has 2 aliphatic rings. The number of carbonyl (C=O) groups excluding carboxylic acids is 3. The maximum atomic E-state index is 12.8. The zero-order chi connectivity index (χ0) is 24.4. The third kappa shape index (κ3) is 5.21. The molecule has 0 spiro atoms. The number of amides is 2. The van der Waals surface area contributed by atoms with Crippen LogP contribution in [0, 0.1) is 0 Å². The molecule has 1 aromatic heterocycles. The number of hydrogen-bond donors (Lipinski definition) is 2. The highest BCUT2D eigenvalue weighted by Gasteiger charge is 2.53. The number of aliphatic hydroxyl groups is 1. The quantitative estimate of drug-likeness (QED) is 0.292. The van der Waals surface area contributed by atoms with Crippen molar-refractivity contribution in [2.45, 2.75) is 29.5 Å². The minimum absolute atomic E-state index is 0.0213. The first-order valence-corrected chi connectivity index (χ1v) is 12.9. The summed E-state index contributed by atoms with van der Waals surface area (Å²) < 4.78 is 1.74. The maximum Gasteiger partial charge on any atom is 0.253 e. The third-order valence-electron chi connectivity index (χ3n) is 5.28. The molecule has 4 rings (SSSR count). The highest BCUT2D eigenvalue weighted by Crippen LogP contribution is 2.40. The van der Waals surface area contributed by atoms with Gasteiger partial charge in [0.1, 0.15) is 11.4 Å². The average Bonchev–Trinajstić information content (AvgIpc) is 2.82. The van der Waals surface area contributed by atoms with Crippen LogP contribution in [-0.2, 0) is 27.5 Å². The van der Waals surface area contributed by atoms with Crippen LogP contribution in [-0.4, -0.2) is 50.7 Å². The number of nitrogens with one attached hydrogen (secondary N) is 1. The molecule has 2 amide bonds. The Balaban J connectivity index is 1.43. The average molecular weight is 540 g/mol. The van der Waals surface area contributed by atoms with Gasteiger partial charge in [0.25, 0.3) is 5.91 Å². The molecule has 2 aliphatic heterocycles. The van der Waals surface area contributed by atoms with E-state index in [9.17, 15) is 24.6 Å². The van der Waals surface area contributed by atoms with E-state index in [0.29, 0.717) is 31.8 Å². The number of aromatic nitrogens is 1. The zero-order valence-electron chi connectivity index (χ0n) is 17.6. The number of halogens is 2. The molecule has 2 atom stereocenters. The predicted molar refractivity (Wildman–Crippen MR) is 127 cm³/mol. The van der Waals surface area contributed by atoms with E-state index in [-0.39, 0.29) is 30.5 Å². The van der Waals surface area contributed by atoms with Gasteiger partial charge in [-0.15, -0.1) is 23.5 Å². The van der Waals surface area contributed by atoms with E-state index < -0.39 is 23.3 Å². The second-order valence-electron chi connectivity index (χ2n) is 7.60. The third-order valence-corrected chi connectivity index (χ3v) is 8.36. The van der Waals surface area contributed by atoms with Crippen molar-refractivity contribution in [1.29, 1.82) is 0 Å². The number of pyridine rings is 1. The lowest BCUT2D eigenvalue weighted by Gasteiger charge is -2.50. The van der Waals surface area contributed by atoms with Crippen molar-refractivity contribution in [3.05, 3.63) is 69.6 Å². The largest absolute Gasteiger partial charge is 0.543 e. The normalized spacial score (nSPS) is 19.5. The SMILES string of the molecule is O=C(CSc1cc(Cl)ccc1Cl)N[C@@H]1C(=O)N2C(C(=O)[O-])=C(C[n+]3cccc(CO)c3)CS[C@H]12. The van der Waals surface area contributed by atoms with Gasteiger partial charge in [0.2, 0.25) is 5.91 Å². The number of aliphatic hydroxyl groups excluding tert-OH is 1. The predicted octanol–water partition coefficient (Wildman–Crippen LogP) is 0.969. The van der Waals surface area contributed by atoms with Crippen LogP contribution < -0.4 is 15.0 Å². The number of nitrogens with zero attached hydrogens (tertiary/aromatic N) is 2. The Morgan fingerprint density at radius 3 is 2.85 bits per heavy atom. The fourth-order valence-electron chi connectivity index (χ4n) is 3.73. The van der Waals surface area contributed by atoms with Crippen LogP contribution in [0.2, 0.25) is 10.0 Å². The first-order valence-electron chi connectivity index (χ1n) is 10.1. The fraction of sp³-hybridized carbons (Fsp3) is 0.273. The highest BCUT2D eigenvalue weighted by molar-refractivity contribution is 8.00. The van der Waals surface area contributed by atoms with Crippen molar-refractivity contribution in [3.8, 4) is 0 Å². The van der Waals surface area contributed by atoms with Crippen LogP contribution in [0.25, 0.3) is 0 Å². The lowest BCUT2D eigenvalue weighted by atomic mass is 10.0. The lowest BCUT2D eigenvalue weighted by Crippen LogP contribution is -2.71.